The first kappa shape index (κ1) is 34.1. The van der Waals surface area contributed by atoms with E-state index >= 15 is 0 Å². The summed E-state index contributed by atoms with van der Waals surface area (Å²) in [5, 5.41) is 9.84. The van der Waals surface area contributed by atoms with Gasteiger partial charge in [0.15, 0.2) is 0 Å². The first-order valence-electron chi connectivity index (χ1n) is 16.5. The number of aromatic amines is 1. The monoisotopic (exact) mass is 677 g/mol. The molecule has 0 bridgehead atoms. The molecule has 1 atom stereocenters. The van der Waals surface area contributed by atoms with E-state index in [1.54, 1.807) is 11.0 Å². The molecule has 1 aliphatic heterocycles. The fraction of sp³-hybridized carbons (Fsp3) is 0.297. The SMILES string of the molecule is CCC[C@@H](C(=O)N1CCN(C(c2ccccc2)c2ccccc2)CC1)N(C(=O)c1cc2ccccc2[nH]1)n1nnc(C(=O)OC)c1C(=O)OC. The molecule has 50 heavy (non-hydrogen) atoms. The Labute approximate surface area is 289 Å². The van der Waals surface area contributed by atoms with Crippen molar-refractivity contribution < 1.29 is 28.7 Å². The molecule has 0 aliphatic carbocycles. The molecule has 2 aromatic heterocycles. The molecule has 1 aliphatic rings. The quantitative estimate of drug-likeness (QED) is 0.203. The first-order valence-corrected chi connectivity index (χ1v) is 16.5. The minimum Gasteiger partial charge on any atom is -0.464 e. The maximum Gasteiger partial charge on any atom is 0.361 e. The van der Waals surface area contributed by atoms with Crippen molar-refractivity contribution in [3.05, 3.63) is 119 Å². The number of nitrogens with one attached hydrogen (secondary N) is 1. The molecule has 3 heterocycles. The highest BCUT2D eigenvalue weighted by molar-refractivity contribution is 6.08. The Morgan fingerprint density at radius 1 is 0.820 bits per heavy atom. The number of carbonyl (C=O) groups excluding carboxylic acids is 4. The summed E-state index contributed by atoms with van der Waals surface area (Å²) in [7, 11) is 2.27. The molecule has 1 N–H and O–H groups in total. The molecule has 0 unspecified atom stereocenters. The number of ether oxygens (including phenoxy) is 2. The molecule has 0 spiro atoms. The molecule has 6 rings (SSSR count). The van der Waals surface area contributed by atoms with Crippen LogP contribution in [-0.2, 0) is 14.3 Å². The van der Waals surface area contributed by atoms with Gasteiger partial charge < -0.3 is 19.4 Å². The van der Waals surface area contributed by atoms with Crippen LogP contribution in [0.3, 0.4) is 0 Å². The standard InChI is InChI=1S/C37H39N7O6/c1-4-13-30(35(46)42-22-20-41(21-23-42)32(25-14-7-5-8-15-25)26-16-9-6-10-17-26)43(34(45)29-24-27-18-11-12-19-28(27)38-29)44-33(37(48)50-3)31(39-40-44)36(47)49-2/h5-12,14-19,24,30,32,38H,4,13,20-23H2,1-3H3/t30-/m0/s1. The molecule has 1 saturated heterocycles. The van der Waals surface area contributed by atoms with Gasteiger partial charge in [0.25, 0.3) is 5.91 Å². The number of benzene rings is 3. The number of fused-ring (bicyclic) bond motifs is 1. The van der Waals surface area contributed by atoms with E-state index < -0.39 is 35.3 Å². The van der Waals surface area contributed by atoms with E-state index in [0.29, 0.717) is 38.1 Å². The lowest BCUT2D eigenvalue weighted by atomic mass is 9.96. The van der Waals surface area contributed by atoms with Gasteiger partial charge in [0.05, 0.1) is 20.3 Å². The summed E-state index contributed by atoms with van der Waals surface area (Å²) >= 11 is 0. The lowest BCUT2D eigenvalue weighted by Gasteiger charge is -2.41. The van der Waals surface area contributed by atoms with Gasteiger partial charge in [0.1, 0.15) is 11.7 Å². The summed E-state index contributed by atoms with van der Waals surface area (Å²) in [6.45, 7) is 3.86. The van der Waals surface area contributed by atoms with E-state index in [1.807, 2.05) is 67.6 Å². The molecule has 0 radical (unpaired) electrons. The Kier molecular flexibility index (Phi) is 10.3. The predicted octanol–water partition coefficient (Wildman–Crippen LogP) is 4.21. The maximum absolute atomic E-state index is 14.6. The molecule has 1 fully saturated rings. The van der Waals surface area contributed by atoms with Crippen LogP contribution in [0.25, 0.3) is 10.9 Å². The van der Waals surface area contributed by atoms with Crippen molar-refractivity contribution in [2.24, 2.45) is 0 Å². The zero-order valence-electron chi connectivity index (χ0n) is 28.2. The topological polar surface area (TPSA) is 143 Å². The minimum absolute atomic E-state index is 0.00400. The van der Waals surface area contributed by atoms with Crippen LogP contribution in [0.4, 0.5) is 0 Å². The summed E-state index contributed by atoms with van der Waals surface area (Å²) in [6, 6.07) is 28.4. The normalized spacial score (nSPS) is 14.0. The van der Waals surface area contributed by atoms with Crippen molar-refractivity contribution in [1.29, 1.82) is 0 Å². The third-order valence-electron chi connectivity index (χ3n) is 8.95. The number of H-pyrrole nitrogens is 1. The predicted molar refractivity (Wildman–Crippen MR) is 185 cm³/mol. The van der Waals surface area contributed by atoms with Gasteiger partial charge >= 0.3 is 11.9 Å². The molecule has 258 valence electrons. The summed E-state index contributed by atoms with van der Waals surface area (Å²) in [4.78, 5) is 63.1. The van der Waals surface area contributed by atoms with E-state index in [2.05, 4.69) is 44.5 Å². The third-order valence-corrected chi connectivity index (χ3v) is 8.95. The Morgan fingerprint density at radius 3 is 2.00 bits per heavy atom. The second kappa shape index (κ2) is 15.2. The van der Waals surface area contributed by atoms with Crippen molar-refractivity contribution in [2.45, 2.75) is 31.8 Å². The van der Waals surface area contributed by atoms with Gasteiger partial charge in [-0.05, 0) is 34.9 Å². The van der Waals surface area contributed by atoms with Gasteiger partial charge in [0, 0.05) is 37.1 Å². The molecular weight excluding hydrogens is 638 g/mol. The number of esters is 2. The molecule has 13 nitrogen and oxygen atoms in total. The van der Waals surface area contributed by atoms with Gasteiger partial charge in [0.2, 0.25) is 17.3 Å². The second-order valence-electron chi connectivity index (χ2n) is 12.0. The van der Waals surface area contributed by atoms with Crippen LogP contribution >= 0.6 is 0 Å². The summed E-state index contributed by atoms with van der Waals surface area (Å²) in [6.07, 6.45) is 0.749. The summed E-state index contributed by atoms with van der Waals surface area (Å²) in [5.41, 5.74) is 2.29. The maximum atomic E-state index is 14.6. The van der Waals surface area contributed by atoms with Gasteiger partial charge in [-0.3, -0.25) is 14.5 Å². The fourth-order valence-electron chi connectivity index (χ4n) is 6.53. The number of aromatic nitrogens is 4. The van der Waals surface area contributed by atoms with Gasteiger partial charge in [-0.1, -0.05) is 92.2 Å². The highest BCUT2D eigenvalue weighted by atomic mass is 16.5. The summed E-state index contributed by atoms with van der Waals surface area (Å²) in [5.74, 6) is -2.89. The summed E-state index contributed by atoms with van der Waals surface area (Å²) < 4.78 is 9.83. The smallest absolute Gasteiger partial charge is 0.361 e. The van der Waals surface area contributed by atoms with E-state index in [1.165, 1.54) is 0 Å². The zero-order valence-corrected chi connectivity index (χ0v) is 28.2. The number of hydrogen-bond donors (Lipinski definition) is 1. The van der Waals surface area contributed by atoms with Crippen LogP contribution in [0.5, 0.6) is 0 Å². The molecule has 0 saturated carbocycles. The van der Waals surface area contributed by atoms with Crippen LogP contribution in [0.1, 0.15) is 68.4 Å². The molecule has 13 heteroatoms. The van der Waals surface area contributed by atoms with Gasteiger partial charge in [-0.2, -0.15) is 0 Å². The number of hydrogen-bond acceptors (Lipinski definition) is 9. The van der Waals surface area contributed by atoms with Crippen molar-refractivity contribution in [2.75, 3.05) is 45.4 Å². The average molecular weight is 678 g/mol. The highest BCUT2D eigenvalue weighted by Gasteiger charge is 2.41. The Balaban J connectivity index is 1.36. The van der Waals surface area contributed by atoms with E-state index in [0.717, 1.165) is 40.5 Å². The Morgan fingerprint density at radius 2 is 1.42 bits per heavy atom. The number of amides is 2. The second-order valence-corrected chi connectivity index (χ2v) is 12.0. The first-order chi connectivity index (χ1) is 24.4. The number of para-hydroxylation sites is 1. The fourth-order valence-corrected chi connectivity index (χ4v) is 6.53. The minimum atomic E-state index is -1.11. The number of methoxy groups -OCH3 is 2. The van der Waals surface area contributed by atoms with E-state index in [9.17, 15) is 19.2 Å². The lowest BCUT2D eigenvalue weighted by Crippen LogP contribution is -2.60. The van der Waals surface area contributed by atoms with Crippen LogP contribution in [0, 0.1) is 0 Å². The molecule has 3 aromatic carbocycles. The number of piperazine rings is 1. The van der Waals surface area contributed by atoms with Gasteiger partial charge in [-0.25, -0.2) is 14.6 Å². The number of nitrogens with zero attached hydrogens (tertiary/aromatic N) is 6. The van der Waals surface area contributed by atoms with Gasteiger partial charge in [-0.15, -0.1) is 9.89 Å². The highest BCUT2D eigenvalue weighted by Crippen LogP contribution is 2.30. The molecule has 2 amide bonds. The molecular formula is C37H39N7O6. The van der Waals surface area contributed by atoms with Crippen molar-refractivity contribution in [1.82, 2.24) is 29.9 Å². The van der Waals surface area contributed by atoms with Crippen LogP contribution in [0.15, 0.2) is 91.0 Å². The number of rotatable bonds is 11. The van der Waals surface area contributed by atoms with Crippen molar-refractivity contribution in [3.63, 3.8) is 0 Å². The van der Waals surface area contributed by atoms with E-state index in [4.69, 9.17) is 9.47 Å². The Hall–Kier alpha value is -5.82. The van der Waals surface area contributed by atoms with Crippen molar-refractivity contribution in [3.8, 4) is 0 Å². The molecule has 5 aromatic rings. The van der Waals surface area contributed by atoms with Crippen molar-refractivity contribution >= 4 is 34.7 Å². The largest absolute Gasteiger partial charge is 0.464 e. The zero-order chi connectivity index (χ0) is 35.2. The van der Waals surface area contributed by atoms with Crippen LogP contribution in [-0.4, -0.2) is 100 Å². The lowest BCUT2D eigenvalue weighted by molar-refractivity contribution is -0.135. The number of carbonyl (C=O) groups is 4. The van der Waals surface area contributed by atoms with E-state index in [-0.39, 0.29) is 24.1 Å². The Bertz CT molecular complexity index is 1900. The average Bonchev–Trinajstić information content (AvgIpc) is 3.80. The van der Waals surface area contributed by atoms with Crippen LogP contribution < -0.4 is 5.01 Å². The van der Waals surface area contributed by atoms with Crippen LogP contribution in [0.2, 0.25) is 0 Å². The third kappa shape index (κ3) is 6.72.